The van der Waals surface area contributed by atoms with Gasteiger partial charge in [0.1, 0.15) is 13.2 Å². The minimum atomic E-state index is -4.34. The summed E-state index contributed by atoms with van der Waals surface area (Å²) < 4.78 is 23.7. The third kappa shape index (κ3) is 46.0. The van der Waals surface area contributed by atoms with Crippen LogP contribution in [-0.2, 0) is 18.4 Å². The molecule has 0 rings (SSSR count). The lowest BCUT2D eigenvalue weighted by Crippen LogP contribution is -2.46. The zero-order chi connectivity index (χ0) is 45.0. The number of carbonyl (C=O) groups excluding carboxylic acids is 1. The van der Waals surface area contributed by atoms with Gasteiger partial charge in [0.25, 0.3) is 0 Å². The monoisotopic (exact) mass is 878 g/mol. The van der Waals surface area contributed by atoms with Gasteiger partial charge in [-0.15, -0.1) is 0 Å². The molecule has 0 aliphatic carbocycles. The molecule has 3 unspecified atom stereocenters. The van der Waals surface area contributed by atoms with Crippen LogP contribution < -0.4 is 5.32 Å². The first kappa shape index (κ1) is 59.2. The highest BCUT2D eigenvalue weighted by atomic mass is 31.2. The number of rotatable bonds is 45. The molecule has 3 N–H and O–H groups in total. The van der Waals surface area contributed by atoms with E-state index in [0.717, 1.165) is 57.8 Å². The van der Waals surface area contributed by atoms with Crippen molar-refractivity contribution in [2.75, 3.05) is 40.9 Å². The Labute approximate surface area is 377 Å². The van der Waals surface area contributed by atoms with Gasteiger partial charge in [-0.05, 0) is 51.4 Å². The van der Waals surface area contributed by atoms with Gasteiger partial charge in [-0.2, -0.15) is 0 Å². The highest BCUT2D eigenvalue weighted by Crippen LogP contribution is 2.43. The Hall–Kier alpha value is -1.80. The van der Waals surface area contributed by atoms with Crippen LogP contribution >= 0.6 is 7.82 Å². The summed E-state index contributed by atoms with van der Waals surface area (Å²) in [5.41, 5.74) is 0. The number of likely N-dealkylation sites (N-methyl/N-ethyl adjacent to an activating group) is 1. The first-order valence-electron chi connectivity index (χ1n) is 25.2. The van der Waals surface area contributed by atoms with Crippen molar-refractivity contribution < 1.29 is 32.9 Å². The van der Waals surface area contributed by atoms with Gasteiger partial charge >= 0.3 is 7.82 Å². The second kappa shape index (κ2) is 43.5. The highest BCUT2D eigenvalue weighted by Gasteiger charge is 2.28. The van der Waals surface area contributed by atoms with E-state index >= 15 is 0 Å². The number of nitrogens with one attached hydrogen (secondary N) is 1. The van der Waals surface area contributed by atoms with Crippen molar-refractivity contribution in [1.29, 1.82) is 0 Å². The van der Waals surface area contributed by atoms with E-state index in [1.54, 1.807) is 0 Å². The molecule has 1 amide bonds. The molecular weight excluding hydrogens is 780 g/mol. The molecule has 3 atom stereocenters. The Bertz CT molecular complexity index is 1180. The molecule has 0 aromatic heterocycles. The van der Waals surface area contributed by atoms with E-state index in [4.69, 9.17) is 9.05 Å². The number of unbranched alkanes of at least 4 members (excludes halogenated alkanes) is 22. The standard InChI is InChI=1S/C52H97N2O6P/c1-6-8-10-12-14-16-18-20-22-24-25-26-27-28-30-31-33-35-37-39-41-43-45-51(55)50(49-60-61(57,58)59-48-47-54(3,4)5)53-52(56)46-44-42-40-38-36-34-32-29-23-21-19-17-15-13-11-9-7-2/h9,11,15,17,21,23,32,34,38,40,50-51,55H,6-8,10,12-14,16,18-20,22,24-31,33,35-37,39,41-49H2,1-5H3,(H-,53,56,57,58)/p+1/b11-9-,17-15-,23-21-,34-32-,40-38-. The molecule has 0 saturated heterocycles. The number of amides is 1. The Morgan fingerprint density at radius 3 is 1.38 bits per heavy atom. The molecule has 0 heterocycles. The molecule has 8 nitrogen and oxygen atoms in total. The van der Waals surface area contributed by atoms with Crippen LogP contribution in [0, 0.1) is 0 Å². The quantitative estimate of drug-likeness (QED) is 0.0244. The van der Waals surface area contributed by atoms with Crippen LogP contribution in [0.4, 0.5) is 0 Å². The van der Waals surface area contributed by atoms with Crippen molar-refractivity contribution in [3.05, 3.63) is 60.8 Å². The Morgan fingerprint density at radius 1 is 0.574 bits per heavy atom. The third-order valence-corrected chi connectivity index (χ3v) is 12.0. The predicted molar refractivity (Wildman–Crippen MR) is 263 cm³/mol. The first-order valence-corrected chi connectivity index (χ1v) is 26.6. The maximum absolute atomic E-state index is 12.9. The largest absolute Gasteiger partial charge is 0.472 e. The third-order valence-electron chi connectivity index (χ3n) is 11.0. The van der Waals surface area contributed by atoms with Crippen molar-refractivity contribution in [2.24, 2.45) is 0 Å². The maximum atomic E-state index is 12.9. The number of carbonyl (C=O) groups is 1. The molecule has 0 spiro atoms. The van der Waals surface area contributed by atoms with Gasteiger partial charge in [0.05, 0.1) is 39.9 Å². The van der Waals surface area contributed by atoms with Crippen LogP contribution in [0.1, 0.15) is 213 Å². The molecular formula is C52H98N2O6P+. The predicted octanol–water partition coefficient (Wildman–Crippen LogP) is 14.6. The van der Waals surface area contributed by atoms with Gasteiger partial charge in [-0.25, -0.2) is 4.57 Å². The molecule has 0 radical (unpaired) electrons. The molecule has 0 aliphatic heterocycles. The van der Waals surface area contributed by atoms with Crippen molar-refractivity contribution in [3.8, 4) is 0 Å². The Morgan fingerprint density at radius 2 is 0.967 bits per heavy atom. The fraction of sp³-hybridized carbons (Fsp3) is 0.788. The van der Waals surface area contributed by atoms with Crippen LogP contribution in [0.25, 0.3) is 0 Å². The fourth-order valence-electron chi connectivity index (χ4n) is 7.08. The van der Waals surface area contributed by atoms with E-state index in [0.29, 0.717) is 30.3 Å². The topological polar surface area (TPSA) is 105 Å². The number of aliphatic hydroxyl groups excluding tert-OH is 1. The number of nitrogens with zero attached hydrogens (tertiary/aromatic N) is 1. The van der Waals surface area contributed by atoms with Gasteiger partial charge in [0.2, 0.25) is 5.91 Å². The zero-order valence-corrected chi connectivity index (χ0v) is 41.3. The number of allylic oxidation sites excluding steroid dienone is 10. The summed E-state index contributed by atoms with van der Waals surface area (Å²) >= 11 is 0. The number of aliphatic hydroxyl groups is 1. The SMILES string of the molecule is CC/C=C\C/C=C\C/C=C\C/C=C\C/C=C\CCCC(=O)NC(COP(=O)(O)OCC[N+](C)(C)C)C(O)CCCCCCCCCCCCCCCCCCCCCCCC. The van der Waals surface area contributed by atoms with Gasteiger partial charge in [-0.3, -0.25) is 13.8 Å². The average molecular weight is 878 g/mol. The van der Waals surface area contributed by atoms with Crippen molar-refractivity contribution in [2.45, 2.75) is 225 Å². The second-order valence-corrected chi connectivity index (χ2v) is 19.6. The number of phosphoric ester groups is 1. The average Bonchev–Trinajstić information content (AvgIpc) is 3.21. The summed E-state index contributed by atoms with van der Waals surface area (Å²) in [4.78, 5) is 23.2. The molecule has 0 aromatic rings. The van der Waals surface area contributed by atoms with E-state index in [1.807, 2.05) is 21.1 Å². The molecule has 9 heteroatoms. The summed E-state index contributed by atoms with van der Waals surface area (Å²) in [6.07, 6.45) is 57.0. The molecule has 356 valence electrons. The van der Waals surface area contributed by atoms with E-state index in [2.05, 4.69) is 79.9 Å². The van der Waals surface area contributed by atoms with E-state index in [9.17, 15) is 19.4 Å². The minimum absolute atomic E-state index is 0.0616. The maximum Gasteiger partial charge on any atom is 0.472 e. The van der Waals surface area contributed by atoms with Crippen LogP contribution in [0.3, 0.4) is 0 Å². The number of hydrogen-bond donors (Lipinski definition) is 3. The Balaban J connectivity index is 4.34. The minimum Gasteiger partial charge on any atom is -0.391 e. The van der Waals surface area contributed by atoms with Crippen LogP contribution in [-0.4, -0.2) is 73.4 Å². The molecule has 0 fully saturated rings. The fourth-order valence-corrected chi connectivity index (χ4v) is 7.82. The van der Waals surface area contributed by atoms with Crippen LogP contribution in [0.2, 0.25) is 0 Å². The van der Waals surface area contributed by atoms with Gasteiger partial charge in [0.15, 0.2) is 0 Å². The van der Waals surface area contributed by atoms with Crippen LogP contribution in [0.5, 0.6) is 0 Å². The summed E-state index contributed by atoms with van der Waals surface area (Å²) in [5.74, 6) is -0.201. The molecule has 61 heavy (non-hydrogen) atoms. The lowest BCUT2D eigenvalue weighted by Gasteiger charge is -2.26. The number of phosphoric acid groups is 1. The molecule has 0 bridgehead atoms. The summed E-state index contributed by atoms with van der Waals surface area (Å²) in [7, 11) is 1.57. The molecule has 0 saturated carbocycles. The smallest absolute Gasteiger partial charge is 0.391 e. The normalized spacial score (nSPS) is 14.7. The first-order chi connectivity index (χ1) is 29.5. The lowest BCUT2D eigenvalue weighted by molar-refractivity contribution is -0.870. The van der Waals surface area contributed by atoms with Crippen LogP contribution in [0.15, 0.2) is 60.8 Å². The lowest BCUT2D eigenvalue weighted by atomic mass is 10.0. The second-order valence-electron chi connectivity index (χ2n) is 18.2. The highest BCUT2D eigenvalue weighted by molar-refractivity contribution is 7.47. The van der Waals surface area contributed by atoms with Gasteiger partial charge < -0.3 is 19.8 Å². The van der Waals surface area contributed by atoms with Gasteiger partial charge in [-0.1, -0.05) is 216 Å². The summed E-state index contributed by atoms with van der Waals surface area (Å²) in [5, 5.41) is 14.0. The van der Waals surface area contributed by atoms with E-state index in [-0.39, 0.29) is 19.1 Å². The molecule has 0 aromatic carbocycles. The van der Waals surface area contributed by atoms with E-state index < -0.39 is 20.0 Å². The summed E-state index contributed by atoms with van der Waals surface area (Å²) in [6.45, 7) is 4.74. The number of quaternary nitrogens is 1. The summed E-state index contributed by atoms with van der Waals surface area (Å²) in [6, 6.07) is -0.793. The van der Waals surface area contributed by atoms with Crippen molar-refractivity contribution in [1.82, 2.24) is 5.32 Å². The molecule has 0 aliphatic rings. The number of hydrogen-bond acceptors (Lipinski definition) is 5. The van der Waals surface area contributed by atoms with Crippen molar-refractivity contribution in [3.63, 3.8) is 0 Å². The van der Waals surface area contributed by atoms with Crippen molar-refractivity contribution >= 4 is 13.7 Å². The van der Waals surface area contributed by atoms with E-state index in [1.165, 1.54) is 122 Å². The zero-order valence-electron chi connectivity index (χ0n) is 40.4. The Kier molecular flexibility index (Phi) is 42.2. The van der Waals surface area contributed by atoms with Gasteiger partial charge in [0, 0.05) is 6.42 Å².